The van der Waals surface area contributed by atoms with E-state index in [2.05, 4.69) is 17.0 Å². The van der Waals surface area contributed by atoms with Crippen molar-refractivity contribution < 1.29 is 18.0 Å². The topological polar surface area (TPSA) is 95.6 Å². The van der Waals surface area contributed by atoms with Gasteiger partial charge in [-0.1, -0.05) is 38.3 Å². The third-order valence-electron chi connectivity index (χ3n) is 5.31. The first-order valence-electron chi connectivity index (χ1n) is 10.7. The Hall–Kier alpha value is -2.19. The highest BCUT2D eigenvalue weighted by molar-refractivity contribution is 7.89. The van der Waals surface area contributed by atoms with Crippen LogP contribution in [0.5, 0.6) is 0 Å². The summed E-state index contributed by atoms with van der Waals surface area (Å²) >= 11 is 0. The smallest absolute Gasteiger partial charge is 0.246 e. The van der Waals surface area contributed by atoms with Crippen molar-refractivity contribution >= 4 is 27.9 Å². The van der Waals surface area contributed by atoms with Crippen LogP contribution >= 0.6 is 0 Å². The van der Waals surface area contributed by atoms with Crippen LogP contribution in [-0.4, -0.2) is 51.8 Å². The molecule has 1 atom stereocenters. The summed E-state index contributed by atoms with van der Waals surface area (Å²) in [6.45, 7) is 3.93. The largest absolute Gasteiger partial charge is 0.356 e. The van der Waals surface area contributed by atoms with Gasteiger partial charge in [-0.05, 0) is 50.1 Å². The molecule has 166 valence electrons. The average molecular weight is 436 g/mol. The van der Waals surface area contributed by atoms with Gasteiger partial charge in [-0.15, -0.1) is 0 Å². The zero-order valence-electron chi connectivity index (χ0n) is 17.9. The molecule has 1 saturated heterocycles. The maximum Gasteiger partial charge on any atom is 0.246 e. The molecule has 1 heterocycles. The van der Waals surface area contributed by atoms with E-state index in [1.165, 1.54) is 38.1 Å². The predicted octanol–water partition coefficient (Wildman–Crippen LogP) is 2.54. The van der Waals surface area contributed by atoms with Crippen molar-refractivity contribution in [1.82, 2.24) is 14.9 Å². The van der Waals surface area contributed by atoms with Crippen molar-refractivity contribution in [3.8, 4) is 0 Å². The summed E-state index contributed by atoms with van der Waals surface area (Å²) in [5.74, 6) is -0.259. The molecule has 7 nitrogen and oxygen atoms in total. The Kier molecular flexibility index (Phi) is 9.52. The highest BCUT2D eigenvalue weighted by atomic mass is 32.2. The molecule has 1 aromatic carbocycles. The minimum absolute atomic E-state index is 0.0364. The monoisotopic (exact) mass is 435 g/mol. The number of hydrogen-bond donors (Lipinski definition) is 2. The van der Waals surface area contributed by atoms with Gasteiger partial charge in [-0.25, -0.2) is 13.1 Å². The molecule has 0 spiro atoms. The van der Waals surface area contributed by atoms with E-state index in [1.54, 1.807) is 23.1 Å². The second-order valence-electron chi connectivity index (χ2n) is 7.59. The van der Waals surface area contributed by atoms with Gasteiger partial charge in [0.1, 0.15) is 0 Å². The summed E-state index contributed by atoms with van der Waals surface area (Å²) in [6, 6.07) is 6.30. The summed E-state index contributed by atoms with van der Waals surface area (Å²) in [5, 5.41) is 3.00. The highest BCUT2D eigenvalue weighted by Gasteiger charge is 2.27. The molecule has 8 heteroatoms. The molecule has 2 N–H and O–H groups in total. The average Bonchev–Trinajstić information content (AvgIpc) is 2.77. The van der Waals surface area contributed by atoms with Gasteiger partial charge in [0, 0.05) is 25.7 Å². The number of carbonyl (C=O) groups is 2. The lowest BCUT2D eigenvalue weighted by atomic mass is 9.97. The number of nitrogens with one attached hydrogen (secondary N) is 2. The number of carbonyl (C=O) groups excluding carboxylic acids is 2. The van der Waals surface area contributed by atoms with Gasteiger partial charge in [-0.3, -0.25) is 9.59 Å². The fraction of sp³-hybridized carbons (Fsp3) is 0.545. The fourth-order valence-electron chi connectivity index (χ4n) is 3.45. The maximum atomic E-state index is 12.5. The second kappa shape index (κ2) is 11.9. The fourth-order valence-corrected chi connectivity index (χ4v) is 4.18. The van der Waals surface area contributed by atoms with Crippen molar-refractivity contribution in [2.45, 2.75) is 50.3 Å². The second-order valence-corrected chi connectivity index (χ2v) is 9.47. The molecule has 1 unspecified atom stereocenters. The normalized spacial score (nSPS) is 17.3. The Labute approximate surface area is 180 Å². The first kappa shape index (κ1) is 24.1. The van der Waals surface area contributed by atoms with E-state index < -0.39 is 10.0 Å². The Bertz CT molecular complexity index is 834. The van der Waals surface area contributed by atoms with Gasteiger partial charge < -0.3 is 10.2 Å². The van der Waals surface area contributed by atoms with Crippen LogP contribution in [0.2, 0.25) is 0 Å². The molecule has 0 aromatic heterocycles. The molecule has 1 aromatic rings. The standard InChI is InChI=1S/C22H33N3O4S/c1-3-4-5-6-15-24-22(27)19-8-7-16-25(17-19)21(26)14-11-18-9-12-20(13-10-18)30(28,29)23-2/h9-14,19,23H,3-8,15-17H2,1-2H3,(H,24,27)/b14-11+. The van der Waals surface area contributed by atoms with E-state index in [1.807, 2.05) is 0 Å². The minimum atomic E-state index is -3.48. The molecule has 1 fully saturated rings. The maximum absolute atomic E-state index is 12.5. The minimum Gasteiger partial charge on any atom is -0.356 e. The number of benzene rings is 1. The van der Waals surface area contributed by atoms with Gasteiger partial charge in [0.25, 0.3) is 0 Å². The lowest BCUT2D eigenvalue weighted by Crippen LogP contribution is -2.45. The first-order chi connectivity index (χ1) is 14.4. The molecule has 0 saturated carbocycles. The van der Waals surface area contributed by atoms with Crippen molar-refractivity contribution in [3.63, 3.8) is 0 Å². The summed E-state index contributed by atoms with van der Waals surface area (Å²) in [5.41, 5.74) is 0.733. The number of likely N-dealkylation sites (tertiary alicyclic amines) is 1. The Morgan fingerprint density at radius 1 is 1.17 bits per heavy atom. The summed E-state index contributed by atoms with van der Waals surface area (Å²) < 4.78 is 25.8. The number of hydrogen-bond acceptors (Lipinski definition) is 4. The zero-order chi connectivity index (χ0) is 22.0. The number of amides is 2. The van der Waals surface area contributed by atoms with Crippen LogP contribution in [0, 0.1) is 5.92 Å². The number of sulfonamides is 1. The van der Waals surface area contributed by atoms with Crippen molar-refractivity contribution in [3.05, 3.63) is 35.9 Å². The number of rotatable bonds is 10. The van der Waals surface area contributed by atoms with Gasteiger partial charge in [0.05, 0.1) is 10.8 Å². The molecular formula is C22H33N3O4S. The third kappa shape index (κ3) is 7.25. The Balaban J connectivity index is 1.86. The van der Waals surface area contributed by atoms with E-state index in [-0.39, 0.29) is 22.6 Å². The van der Waals surface area contributed by atoms with E-state index in [4.69, 9.17) is 0 Å². The SMILES string of the molecule is CCCCCCNC(=O)C1CCCN(C(=O)/C=C/c2ccc(S(=O)(=O)NC)cc2)C1. The van der Waals surface area contributed by atoms with Crippen LogP contribution < -0.4 is 10.0 Å². The van der Waals surface area contributed by atoms with Gasteiger partial charge >= 0.3 is 0 Å². The summed E-state index contributed by atoms with van der Waals surface area (Å²) in [4.78, 5) is 26.8. The van der Waals surface area contributed by atoms with Crippen LogP contribution in [0.4, 0.5) is 0 Å². The molecule has 30 heavy (non-hydrogen) atoms. The van der Waals surface area contributed by atoms with Crippen LogP contribution in [0.1, 0.15) is 51.0 Å². The van der Waals surface area contributed by atoms with Crippen molar-refractivity contribution in [2.24, 2.45) is 5.92 Å². The van der Waals surface area contributed by atoms with Gasteiger partial charge in [0.2, 0.25) is 21.8 Å². The molecule has 2 amide bonds. The van der Waals surface area contributed by atoms with Crippen LogP contribution in [-0.2, 0) is 19.6 Å². The van der Waals surface area contributed by atoms with E-state index in [9.17, 15) is 18.0 Å². The molecule has 2 rings (SSSR count). The van der Waals surface area contributed by atoms with E-state index in [0.717, 1.165) is 31.2 Å². The van der Waals surface area contributed by atoms with Crippen LogP contribution in [0.15, 0.2) is 35.2 Å². The third-order valence-corrected chi connectivity index (χ3v) is 6.74. The number of unbranched alkanes of at least 4 members (excludes halogenated alkanes) is 3. The van der Waals surface area contributed by atoms with Crippen molar-refractivity contribution in [1.29, 1.82) is 0 Å². The Morgan fingerprint density at radius 2 is 1.90 bits per heavy atom. The molecule has 0 bridgehead atoms. The Morgan fingerprint density at radius 3 is 2.57 bits per heavy atom. The van der Waals surface area contributed by atoms with Crippen molar-refractivity contribution in [2.75, 3.05) is 26.7 Å². The number of nitrogens with zero attached hydrogens (tertiary/aromatic N) is 1. The van der Waals surface area contributed by atoms with Crippen LogP contribution in [0.3, 0.4) is 0 Å². The molecule has 1 aliphatic heterocycles. The number of piperidine rings is 1. The quantitative estimate of drug-likeness (QED) is 0.436. The highest BCUT2D eigenvalue weighted by Crippen LogP contribution is 2.18. The summed E-state index contributed by atoms with van der Waals surface area (Å²) in [7, 11) is -2.11. The van der Waals surface area contributed by atoms with Gasteiger partial charge in [0.15, 0.2) is 0 Å². The van der Waals surface area contributed by atoms with Gasteiger partial charge in [-0.2, -0.15) is 0 Å². The molecule has 0 radical (unpaired) electrons. The predicted molar refractivity (Wildman–Crippen MR) is 118 cm³/mol. The van der Waals surface area contributed by atoms with Crippen LogP contribution in [0.25, 0.3) is 6.08 Å². The molecule has 0 aliphatic carbocycles. The van der Waals surface area contributed by atoms with E-state index >= 15 is 0 Å². The lowest BCUT2D eigenvalue weighted by Gasteiger charge is -2.31. The lowest BCUT2D eigenvalue weighted by molar-refractivity contribution is -0.132. The zero-order valence-corrected chi connectivity index (χ0v) is 18.7. The molecule has 1 aliphatic rings. The molecular weight excluding hydrogens is 402 g/mol. The van der Waals surface area contributed by atoms with E-state index in [0.29, 0.717) is 19.6 Å². The summed E-state index contributed by atoms with van der Waals surface area (Å²) in [6.07, 6.45) is 9.22. The first-order valence-corrected chi connectivity index (χ1v) is 12.1.